The number of halogens is 1. The van der Waals surface area contributed by atoms with E-state index in [9.17, 15) is 0 Å². The molecule has 2 saturated heterocycles. The molecular weight excluding hydrogens is 443 g/mol. The van der Waals surface area contributed by atoms with E-state index >= 15 is 0 Å². The fraction of sp³-hybridized carbons (Fsp3) is 0.944. The highest BCUT2D eigenvalue weighted by atomic mass is 127. The van der Waals surface area contributed by atoms with Crippen molar-refractivity contribution in [2.75, 3.05) is 92.3 Å². The standard InChI is InChI=1S/C18H38N6O.HI/c1-4-19-18(20-5-6-23-11-13-25-14-12-23)21-15-17(2)16-24-9-7-22(3)8-10-24;/h17H,4-16H2,1-3H3,(H2,19,20,21);1H. The van der Waals surface area contributed by atoms with Crippen molar-refractivity contribution >= 4 is 29.9 Å². The van der Waals surface area contributed by atoms with Crippen LogP contribution in [-0.2, 0) is 4.74 Å². The van der Waals surface area contributed by atoms with Crippen LogP contribution >= 0.6 is 24.0 Å². The van der Waals surface area contributed by atoms with Gasteiger partial charge in [-0.1, -0.05) is 6.92 Å². The molecule has 1 unspecified atom stereocenters. The van der Waals surface area contributed by atoms with Crippen LogP contribution in [0, 0.1) is 5.92 Å². The average molecular weight is 482 g/mol. The highest BCUT2D eigenvalue weighted by Crippen LogP contribution is 2.05. The van der Waals surface area contributed by atoms with Gasteiger partial charge in [0.15, 0.2) is 5.96 Å². The van der Waals surface area contributed by atoms with Crippen LogP contribution in [0.5, 0.6) is 0 Å². The summed E-state index contributed by atoms with van der Waals surface area (Å²) in [6, 6.07) is 0. The summed E-state index contributed by atoms with van der Waals surface area (Å²) in [6.07, 6.45) is 0. The molecular formula is C18H39IN6O. The normalized spacial score (nSPS) is 21.9. The minimum Gasteiger partial charge on any atom is -0.379 e. The highest BCUT2D eigenvalue weighted by molar-refractivity contribution is 14.0. The van der Waals surface area contributed by atoms with E-state index in [4.69, 9.17) is 9.73 Å². The van der Waals surface area contributed by atoms with Gasteiger partial charge in [-0.15, -0.1) is 24.0 Å². The molecule has 0 aromatic rings. The molecule has 2 heterocycles. The molecule has 0 aliphatic carbocycles. The molecule has 0 radical (unpaired) electrons. The predicted molar refractivity (Wildman–Crippen MR) is 120 cm³/mol. The Morgan fingerprint density at radius 1 is 1.04 bits per heavy atom. The first-order valence-corrected chi connectivity index (χ1v) is 9.90. The summed E-state index contributed by atoms with van der Waals surface area (Å²) in [4.78, 5) is 12.2. The van der Waals surface area contributed by atoms with Crippen LogP contribution < -0.4 is 10.6 Å². The van der Waals surface area contributed by atoms with Gasteiger partial charge < -0.3 is 25.2 Å². The second kappa shape index (κ2) is 13.9. The van der Waals surface area contributed by atoms with E-state index in [1.807, 2.05) is 0 Å². The Bertz CT molecular complexity index is 384. The van der Waals surface area contributed by atoms with Crippen LogP contribution in [0.2, 0.25) is 0 Å². The maximum Gasteiger partial charge on any atom is 0.191 e. The fourth-order valence-electron chi connectivity index (χ4n) is 3.28. The van der Waals surface area contributed by atoms with Crippen LogP contribution in [0.15, 0.2) is 4.99 Å². The molecule has 2 fully saturated rings. The van der Waals surface area contributed by atoms with E-state index in [0.29, 0.717) is 5.92 Å². The van der Waals surface area contributed by atoms with Gasteiger partial charge in [-0.2, -0.15) is 0 Å². The van der Waals surface area contributed by atoms with Crippen LogP contribution in [0.1, 0.15) is 13.8 Å². The monoisotopic (exact) mass is 482 g/mol. The van der Waals surface area contributed by atoms with Gasteiger partial charge in [0, 0.05) is 72.0 Å². The van der Waals surface area contributed by atoms with Crippen molar-refractivity contribution < 1.29 is 4.74 Å². The lowest BCUT2D eigenvalue weighted by molar-refractivity contribution is 0.0389. The van der Waals surface area contributed by atoms with Crippen molar-refractivity contribution in [2.24, 2.45) is 10.9 Å². The number of morpholine rings is 1. The minimum absolute atomic E-state index is 0. The quantitative estimate of drug-likeness (QED) is 0.297. The van der Waals surface area contributed by atoms with Crippen molar-refractivity contribution in [3.8, 4) is 0 Å². The number of guanidine groups is 1. The van der Waals surface area contributed by atoms with E-state index < -0.39 is 0 Å². The van der Waals surface area contributed by atoms with Crippen molar-refractivity contribution in [3.63, 3.8) is 0 Å². The topological polar surface area (TPSA) is 55.4 Å². The summed E-state index contributed by atoms with van der Waals surface area (Å²) >= 11 is 0. The number of piperazine rings is 1. The van der Waals surface area contributed by atoms with Crippen molar-refractivity contribution in [1.29, 1.82) is 0 Å². The van der Waals surface area contributed by atoms with Gasteiger partial charge in [-0.05, 0) is 19.9 Å². The number of nitrogens with one attached hydrogen (secondary N) is 2. The summed E-state index contributed by atoms with van der Waals surface area (Å²) in [5, 5.41) is 6.83. The second-order valence-corrected chi connectivity index (χ2v) is 7.31. The number of nitrogens with zero attached hydrogens (tertiary/aromatic N) is 4. The zero-order valence-electron chi connectivity index (χ0n) is 16.9. The molecule has 1 atom stereocenters. The molecule has 0 saturated carbocycles. The Kier molecular flexibility index (Phi) is 12.8. The molecule has 0 spiro atoms. The minimum atomic E-state index is 0. The van der Waals surface area contributed by atoms with E-state index in [2.05, 4.69) is 46.2 Å². The molecule has 154 valence electrons. The van der Waals surface area contributed by atoms with Gasteiger partial charge in [-0.25, -0.2) is 0 Å². The number of rotatable bonds is 8. The Labute approximate surface area is 176 Å². The van der Waals surface area contributed by atoms with Crippen LogP contribution in [-0.4, -0.2) is 113 Å². The van der Waals surface area contributed by atoms with Crippen LogP contribution in [0.3, 0.4) is 0 Å². The third-order valence-corrected chi connectivity index (χ3v) is 4.90. The van der Waals surface area contributed by atoms with Gasteiger partial charge in [-0.3, -0.25) is 9.89 Å². The average Bonchev–Trinajstić information content (AvgIpc) is 2.62. The second-order valence-electron chi connectivity index (χ2n) is 7.31. The summed E-state index contributed by atoms with van der Waals surface area (Å²) in [7, 11) is 2.20. The van der Waals surface area contributed by atoms with Gasteiger partial charge in [0.25, 0.3) is 0 Å². The number of likely N-dealkylation sites (N-methyl/N-ethyl adjacent to an activating group) is 1. The van der Waals surface area contributed by atoms with Crippen molar-refractivity contribution in [2.45, 2.75) is 13.8 Å². The number of ether oxygens (including phenoxy) is 1. The van der Waals surface area contributed by atoms with Gasteiger partial charge >= 0.3 is 0 Å². The molecule has 26 heavy (non-hydrogen) atoms. The lowest BCUT2D eigenvalue weighted by atomic mass is 10.1. The molecule has 2 N–H and O–H groups in total. The third-order valence-electron chi connectivity index (χ3n) is 4.90. The van der Waals surface area contributed by atoms with Gasteiger partial charge in [0.2, 0.25) is 0 Å². The Balaban J connectivity index is 0.00000338. The molecule has 0 aromatic carbocycles. The van der Waals surface area contributed by atoms with Crippen LogP contribution in [0.4, 0.5) is 0 Å². The fourth-order valence-corrected chi connectivity index (χ4v) is 3.28. The zero-order chi connectivity index (χ0) is 17.9. The van der Waals surface area contributed by atoms with Gasteiger partial charge in [0.1, 0.15) is 0 Å². The summed E-state index contributed by atoms with van der Waals surface area (Å²) in [5.74, 6) is 1.53. The van der Waals surface area contributed by atoms with E-state index in [1.165, 1.54) is 26.2 Å². The maximum atomic E-state index is 5.39. The lowest BCUT2D eigenvalue weighted by Gasteiger charge is -2.33. The first-order valence-electron chi connectivity index (χ1n) is 9.90. The molecule has 2 aliphatic heterocycles. The molecule has 0 bridgehead atoms. The molecule has 7 nitrogen and oxygen atoms in total. The lowest BCUT2D eigenvalue weighted by Crippen LogP contribution is -2.46. The van der Waals surface area contributed by atoms with E-state index in [0.717, 1.165) is 65.0 Å². The smallest absolute Gasteiger partial charge is 0.191 e. The van der Waals surface area contributed by atoms with E-state index in [-0.39, 0.29) is 24.0 Å². The Morgan fingerprint density at radius 3 is 2.38 bits per heavy atom. The largest absolute Gasteiger partial charge is 0.379 e. The van der Waals surface area contributed by atoms with E-state index in [1.54, 1.807) is 0 Å². The molecule has 8 heteroatoms. The maximum absolute atomic E-state index is 5.39. The molecule has 0 amide bonds. The predicted octanol–water partition coefficient (Wildman–Crippen LogP) is 0.375. The Hall–Kier alpha value is -0.160. The summed E-state index contributed by atoms with van der Waals surface area (Å²) in [6.45, 7) is 17.8. The van der Waals surface area contributed by atoms with Crippen molar-refractivity contribution in [3.05, 3.63) is 0 Å². The molecule has 2 rings (SSSR count). The molecule has 2 aliphatic rings. The highest BCUT2D eigenvalue weighted by Gasteiger charge is 2.16. The zero-order valence-corrected chi connectivity index (χ0v) is 19.2. The third kappa shape index (κ3) is 9.68. The van der Waals surface area contributed by atoms with Crippen molar-refractivity contribution in [1.82, 2.24) is 25.3 Å². The summed E-state index contributed by atoms with van der Waals surface area (Å²) < 4.78 is 5.39. The van der Waals surface area contributed by atoms with Gasteiger partial charge in [0.05, 0.1) is 13.2 Å². The number of hydrogen-bond donors (Lipinski definition) is 2. The number of hydrogen-bond acceptors (Lipinski definition) is 5. The number of aliphatic imine (C=N–C) groups is 1. The first kappa shape index (κ1) is 23.9. The Morgan fingerprint density at radius 2 is 1.73 bits per heavy atom. The van der Waals surface area contributed by atoms with Crippen LogP contribution in [0.25, 0.3) is 0 Å². The first-order chi connectivity index (χ1) is 12.2. The SMILES string of the molecule is CCNC(=NCC(C)CN1CCN(C)CC1)NCCN1CCOCC1.I. The molecule has 0 aromatic heterocycles. The summed E-state index contributed by atoms with van der Waals surface area (Å²) in [5.41, 5.74) is 0.